The summed E-state index contributed by atoms with van der Waals surface area (Å²) < 4.78 is 0. The first-order chi connectivity index (χ1) is 10.8. The number of aromatic nitrogens is 1. The molecule has 0 aromatic carbocycles. The van der Waals surface area contributed by atoms with E-state index in [2.05, 4.69) is 25.8 Å². The van der Waals surface area contributed by atoms with Crippen LogP contribution in [-0.2, 0) is 21.5 Å². The van der Waals surface area contributed by atoms with Crippen LogP contribution in [0.2, 0.25) is 0 Å². The van der Waals surface area contributed by atoms with E-state index in [-0.39, 0.29) is 29.3 Å². The molecule has 3 rings (SSSR count). The summed E-state index contributed by atoms with van der Waals surface area (Å²) in [6.07, 6.45) is 3.16. The van der Waals surface area contributed by atoms with Crippen molar-refractivity contribution in [3.63, 3.8) is 0 Å². The van der Waals surface area contributed by atoms with Crippen molar-refractivity contribution in [2.75, 3.05) is 0 Å². The monoisotopic (exact) mass is 314 g/mol. The van der Waals surface area contributed by atoms with Gasteiger partial charge in [-0.3, -0.25) is 19.4 Å². The average molecular weight is 314 g/mol. The Balaban J connectivity index is 1.88. The first kappa shape index (κ1) is 15.8. The molecule has 122 valence electrons. The summed E-state index contributed by atoms with van der Waals surface area (Å²) >= 11 is 0. The molecule has 0 spiro atoms. The minimum Gasteiger partial charge on any atom is -0.323 e. The van der Waals surface area contributed by atoms with Crippen molar-refractivity contribution >= 4 is 17.5 Å². The van der Waals surface area contributed by atoms with Crippen LogP contribution in [0.25, 0.3) is 0 Å². The Kier molecular flexibility index (Phi) is 3.82. The molecule has 2 aliphatic rings. The second kappa shape index (κ2) is 5.55. The van der Waals surface area contributed by atoms with Gasteiger partial charge in [0, 0.05) is 25.5 Å². The number of carbonyl (C=O) groups is 3. The van der Waals surface area contributed by atoms with E-state index >= 15 is 0 Å². The summed E-state index contributed by atoms with van der Waals surface area (Å²) in [6.45, 7) is 6.60. The summed E-state index contributed by atoms with van der Waals surface area (Å²) in [4.78, 5) is 42.7. The molecule has 0 saturated heterocycles. The molecular formula is C18H22N2O3. The third-order valence-corrected chi connectivity index (χ3v) is 4.74. The van der Waals surface area contributed by atoms with Gasteiger partial charge in [-0.2, -0.15) is 0 Å². The Hall–Kier alpha value is -2.04. The van der Waals surface area contributed by atoms with E-state index in [0.29, 0.717) is 31.4 Å². The Morgan fingerprint density at radius 3 is 2.57 bits per heavy atom. The van der Waals surface area contributed by atoms with Crippen LogP contribution >= 0.6 is 0 Å². The normalized spacial score (nSPS) is 22.3. The fraction of sp³-hybridized carbons (Fsp3) is 0.556. The van der Waals surface area contributed by atoms with Crippen LogP contribution < -0.4 is 0 Å². The zero-order valence-corrected chi connectivity index (χ0v) is 13.9. The van der Waals surface area contributed by atoms with E-state index in [4.69, 9.17) is 0 Å². The third kappa shape index (κ3) is 2.92. The van der Waals surface area contributed by atoms with Crippen molar-refractivity contribution in [2.45, 2.75) is 64.5 Å². The third-order valence-electron chi connectivity index (χ3n) is 4.74. The smallest absolute Gasteiger partial charge is 0.256 e. The van der Waals surface area contributed by atoms with Crippen molar-refractivity contribution in [1.29, 1.82) is 0 Å². The number of ketones is 2. The number of Topliss-reactive ketones (excluding diaryl/α,β-unsaturated/α-hetero) is 2. The molecule has 0 radical (unpaired) electrons. The summed E-state index contributed by atoms with van der Waals surface area (Å²) in [5.41, 5.74) is 2.25. The summed E-state index contributed by atoms with van der Waals surface area (Å²) in [7, 11) is 0. The van der Waals surface area contributed by atoms with Gasteiger partial charge in [0.1, 0.15) is 5.78 Å². The van der Waals surface area contributed by atoms with Crippen LogP contribution in [0.1, 0.15) is 68.1 Å². The van der Waals surface area contributed by atoms with E-state index in [1.807, 2.05) is 12.3 Å². The lowest BCUT2D eigenvalue weighted by Crippen LogP contribution is -2.40. The number of rotatable bonds is 1. The SMILES string of the molecule is CC(C)(C)c1cnc2c(c1)C(=O)N(C1CCC(=O)CCC1=O)C2. The van der Waals surface area contributed by atoms with Crippen molar-refractivity contribution in [1.82, 2.24) is 9.88 Å². The van der Waals surface area contributed by atoms with Gasteiger partial charge in [-0.05, 0) is 23.5 Å². The maximum absolute atomic E-state index is 12.8. The molecule has 1 fully saturated rings. The van der Waals surface area contributed by atoms with Gasteiger partial charge < -0.3 is 4.90 Å². The molecule has 1 unspecified atom stereocenters. The van der Waals surface area contributed by atoms with Gasteiger partial charge in [0.2, 0.25) is 0 Å². The van der Waals surface area contributed by atoms with Crippen LogP contribution in [-0.4, -0.2) is 33.4 Å². The fourth-order valence-electron chi connectivity index (χ4n) is 3.20. The molecule has 1 amide bonds. The standard InChI is InChI=1S/C18H22N2O3/c1-18(2,3)11-8-13-14(19-9-11)10-20(17(13)23)15-6-4-12(21)5-7-16(15)22/h8-9,15H,4-7,10H2,1-3H3. The van der Waals surface area contributed by atoms with Gasteiger partial charge in [0.15, 0.2) is 5.78 Å². The lowest BCUT2D eigenvalue weighted by molar-refractivity contribution is -0.124. The minimum atomic E-state index is -0.485. The van der Waals surface area contributed by atoms with Crippen molar-refractivity contribution in [3.05, 3.63) is 29.1 Å². The zero-order chi connectivity index (χ0) is 16.8. The largest absolute Gasteiger partial charge is 0.323 e. The van der Waals surface area contributed by atoms with E-state index in [1.54, 1.807) is 4.90 Å². The Morgan fingerprint density at radius 1 is 1.13 bits per heavy atom. The average Bonchev–Trinajstić information content (AvgIpc) is 2.71. The maximum Gasteiger partial charge on any atom is 0.256 e. The van der Waals surface area contributed by atoms with Gasteiger partial charge >= 0.3 is 0 Å². The first-order valence-electron chi connectivity index (χ1n) is 8.12. The number of carbonyl (C=O) groups excluding carboxylic acids is 3. The van der Waals surface area contributed by atoms with Crippen LogP contribution in [0.5, 0.6) is 0 Å². The number of nitrogens with zero attached hydrogens (tertiary/aromatic N) is 2. The molecule has 1 atom stereocenters. The molecule has 0 N–H and O–H groups in total. The zero-order valence-electron chi connectivity index (χ0n) is 13.9. The molecule has 1 aliphatic carbocycles. The van der Waals surface area contributed by atoms with E-state index in [1.165, 1.54) is 0 Å². The van der Waals surface area contributed by atoms with Crippen LogP contribution in [0.15, 0.2) is 12.3 Å². The lowest BCUT2D eigenvalue weighted by Gasteiger charge is -2.24. The molecule has 1 aromatic heterocycles. The van der Waals surface area contributed by atoms with Crippen LogP contribution in [0, 0.1) is 0 Å². The Morgan fingerprint density at radius 2 is 1.87 bits per heavy atom. The number of hydrogen-bond acceptors (Lipinski definition) is 4. The number of pyridine rings is 1. The van der Waals surface area contributed by atoms with Gasteiger partial charge in [0.25, 0.3) is 5.91 Å². The van der Waals surface area contributed by atoms with Crippen molar-refractivity contribution in [2.24, 2.45) is 0 Å². The molecule has 23 heavy (non-hydrogen) atoms. The van der Waals surface area contributed by atoms with Gasteiger partial charge in [0.05, 0.1) is 23.8 Å². The Labute approximate surface area is 136 Å². The van der Waals surface area contributed by atoms with Gasteiger partial charge in [-0.1, -0.05) is 20.8 Å². The number of hydrogen-bond donors (Lipinski definition) is 0. The van der Waals surface area contributed by atoms with E-state index in [0.717, 1.165) is 11.3 Å². The quantitative estimate of drug-likeness (QED) is 0.747. The molecular weight excluding hydrogens is 292 g/mol. The van der Waals surface area contributed by atoms with E-state index < -0.39 is 6.04 Å². The van der Waals surface area contributed by atoms with Crippen molar-refractivity contribution in [3.8, 4) is 0 Å². The maximum atomic E-state index is 12.8. The highest BCUT2D eigenvalue weighted by atomic mass is 16.2. The second-order valence-corrected chi connectivity index (χ2v) is 7.46. The van der Waals surface area contributed by atoms with Crippen LogP contribution in [0.3, 0.4) is 0 Å². The first-order valence-corrected chi connectivity index (χ1v) is 8.12. The second-order valence-electron chi connectivity index (χ2n) is 7.46. The molecule has 1 aromatic rings. The number of fused-ring (bicyclic) bond motifs is 1. The molecule has 0 bridgehead atoms. The van der Waals surface area contributed by atoms with E-state index in [9.17, 15) is 14.4 Å². The predicted molar refractivity (Wildman–Crippen MR) is 85.1 cm³/mol. The van der Waals surface area contributed by atoms with Gasteiger partial charge in [-0.15, -0.1) is 0 Å². The fourth-order valence-corrected chi connectivity index (χ4v) is 3.20. The molecule has 5 heteroatoms. The molecule has 5 nitrogen and oxygen atoms in total. The number of amides is 1. The summed E-state index contributed by atoms with van der Waals surface area (Å²) in [5.74, 6) is -0.0301. The topological polar surface area (TPSA) is 67.3 Å². The highest BCUT2D eigenvalue weighted by molar-refractivity contribution is 6.02. The molecule has 1 aliphatic heterocycles. The molecule has 1 saturated carbocycles. The lowest BCUT2D eigenvalue weighted by atomic mass is 9.87. The van der Waals surface area contributed by atoms with Crippen molar-refractivity contribution < 1.29 is 14.4 Å². The predicted octanol–water partition coefficient (Wildman–Crippen LogP) is 2.42. The minimum absolute atomic E-state index is 0.00643. The molecule has 2 heterocycles. The summed E-state index contributed by atoms with van der Waals surface area (Å²) in [5, 5.41) is 0. The highest BCUT2D eigenvalue weighted by Gasteiger charge is 2.38. The van der Waals surface area contributed by atoms with Gasteiger partial charge in [-0.25, -0.2) is 0 Å². The Bertz CT molecular complexity index is 688. The summed E-state index contributed by atoms with van der Waals surface area (Å²) in [6, 6.07) is 1.41. The highest BCUT2D eigenvalue weighted by Crippen LogP contribution is 2.30. The van der Waals surface area contributed by atoms with Crippen LogP contribution in [0.4, 0.5) is 0 Å².